The topological polar surface area (TPSA) is 52.3 Å². The van der Waals surface area contributed by atoms with Gasteiger partial charge in [-0.15, -0.1) is 0 Å². The summed E-state index contributed by atoms with van der Waals surface area (Å²) < 4.78 is 4.97. The summed E-state index contributed by atoms with van der Waals surface area (Å²) in [5.74, 6) is -0.209. The Labute approximate surface area is 67.9 Å². The Kier molecular flexibility index (Phi) is 4.11. The molecule has 0 saturated heterocycles. The van der Waals surface area contributed by atoms with Crippen LogP contribution < -0.4 is 5.73 Å². The smallest absolute Gasteiger partial charge is 0.307 e. The number of carbonyl (C=O) groups is 1. The molecule has 0 aliphatic heterocycles. The van der Waals surface area contributed by atoms with Gasteiger partial charge in [0.1, 0.15) is 0 Å². The van der Waals surface area contributed by atoms with Crippen LogP contribution in [0.4, 0.5) is 0 Å². The lowest BCUT2D eigenvalue weighted by atomic mass is 10.2. The molecule has 3 heteroatoms. The molecule has 0 rings (SSSR count). The Morgan fingerprint density at radius 1 is 1.55 bits per heavy atom. The Balaban J connectivity index is 3.74. The first-order chi connectivity index (χ1) is 5.02. The van der Waals surface area contributed by atoms with Gasteiger partial charge in [-0.05, 0) is 19.8 Å². The molecular formula is C8H17NO2. The van der Waals surface area contributed by atoms with Gasteiger partial charge in [0, 0.05) is 6.42 Å². The summed E-state index contributed by atoms with van der Waals surface area (Å²) in [6, 6.07) is 0. The fraction of sp³-hybridized carbons (Fsp3) is 0.875. The summed E-state index contributed by atoms with van der Waals surface area (Å²) in [6.07, 6.45) is 1.90. The molecule has 3 nitrogen and oxygen atoms in total. The van der Waals surface area contributed by atoms with Crippen LogP contribution in [0.15, 0.2) is 0 Å². The van der Waals surface area contributed by atoms with Crippen LogP contribution in [0, 0.1) is 0 Å². The maximum absolute atomic E-state index is 10.9. The summed E-state index contributed by atoms with van der Waals surface area (Å²) in [5, 5.41) is 0. The first kappa shape index (κ1) is 10.4. The monoisotopic (exact) mass is 159 g/mol. The minimum absolute atomic E-state index is 0.209. The van der Waals surface area contributed by atoms with Crippen LogP contribution in [-0.4, -0.2) is 11.7 Å². The summed E-state index contributed by atoms with van der Waals surface area (Å²) in [7, 11) is 0. The van der Waals surface area contributed by atoms with Gasteiger partial charge in [0.25, 0.3) is 0 Å². The second kappa shape index (κ2) is 4.34. The number of hydrogen-bond acceptors (Lipinski definition) is 3. The van der Waals surface area contributed by atoms with E-state index < -0.39 is 5.72 Å². The molecule has 0 radical (unpaired) electrons. The Morgan fingerprint density at radius 3 is 2.45 bits per heavy atom. The fourth-order valence-corrected chi connectivity index (χ4v) is 0.587. The number of carbonyl (C=O) groups excluding carboxylic acids is 1. The first-order valence-corrected chi connectivity index (χ1v) is 4.02. The van der Waals surface area contributed by atoms with E-state index in [0.717, 1.165) is 6.42 Å². The second-order valence-electron chi connectivity index (χ2n) is 2.89. The minimum Gasteiger partial charge on any atom is -0.444 e. The Morgan fingerprint density at radius 2 is 2.09 bits per heavy atom. The van der Waals surface area contributed by atoms with Crippen molar-refractivity contribution in [1.29, 1.82) is 0 Å². The molecule has 0 fully saturated rings. The van der Waals surface area contributed by atoms with Gasteiger partial charge in [0.2, 0.25) is 0 Å². The van der Waals surface area contributed by atoms with Crippen molar-refractivity contribution in [2.75, 3.05) is 0 Å². The highest BCUT2D eigenvalue weighted by Crippen LogP contribution is 2.08. The van der Waals surface area contributed by atoms with Crippen LogP contribution >= 0.6 is 0 Å². The molecule has 11 heavy (non-hydrogen) atoms. The lowest BCUT2D eigenvalue weighted by Gasteiger charge is -2.22. The number of rotatable bonds is 4. The van der Waals surface area contributed by atoms with Gasteiger partial charge in [-0.3, -0.25) is 10.5 Å². The number of esters is 1. The Bertz CT molecular complexity index is 132. The zero-order valence-electron chi connectivity index (χ0n) is 7.52. The van der Waals surface area contributed by atoms with Crippen molar-refractivity contribution in [2.24, 2.45) is 5.73 Å². The van der Waals surface area contributed by atoms with E-state index in [1.165, 1.54) is 0 Å². The minimum atomic E-state index is -0.785. The van der Waals surface area contributed by atoms with Crippen LogP contribution in [-0.2, 0) is 9.53 Å². The zero-order valence-corrected chi connectivity index (χ0v) is 7.52. The molecule has 0 aromatic rings. The Hall–Kier alpha value is -0.570. The molecule has 0 aliphatic rings. The van der Waals surface area contributed by atoms with Crippen molar-refractivity contribution in [3.63, 3.8) is 0 Å². The van der Waals surface area contributed by atoms with Gasteiger partial charge >= 0.3 is 5.97 Å². The van der Waals surface area contributed by atoms with Crippen molar-refractivity contribution >= 4 is 5.97 Å². The average Bonchev–Trinajstić information content (AvgIpc) is 1.87. The van der Waals surface area contributed by atoms with E-state index in [9.17, 15) is 4.79 Å². The van der Waals surface area contributed by atoms with E-state index >= 15 is 0 Å². The highest BCUT2D eigenvalue weighted by molar-refractivity contribution is 5.69. The zero-order chi connectivity index (χ0) is 8.91. The molecule has 0 spiro atoms. The van der Waals surface area contributed by atoms with Crippen molar-refractivity contribution in [2.45, 2.75) is 45.8 Å². The standard InChI is InChI=1S/C8H17NO2/c1-4-6-7(10)11-8(3,9)5-2/h4-6,9H2,1-3H3. The number of ether oxygens (including phenoxy) is 1. The van der Waals surface area contributed by atoms with E-state index in [0.29, 0.717) is 12.8 Å². The summed E-state index contributed by atoms with van der Waals surface area (Å²) in [5.41, 5.74) is 4.82. The lowest BCUT2D eigenvalue weighted by Crippen LogP contribution is -2.40. The van der Waals surface area contributed by atoms with Crippen molar-refractivity contribution in [3.8, 4) is 0 Å². The molecule has 66 valence electrons. The normalized spacial score (nSPS) is 15.6. The first-order valence-electron chi connectivity index (χ1n) is 4.02. The predicted molar refractivity (Wildman–Crippen MR) is 43.9 cm³/mol. The number of nitrogens with two attached hydrogens (primary N) is 1. The molecule has 1 atom stereocenters. The second-order valence-corrected chi connectivity index (χ2v) is 2.89. The van der Waals surface area contributed by atoms with Gasteiger partial charge < -0.3 is 4.74 Å². The fourth-order valence-electron chi connectivity index (χ4n) is 0.587. The van der Waals surface area contributed by atoms with Crippen molar-refractivity contribution in [1.82, 2.24) is 0 Å². The van der Waals surface area contributed by atoms with Crippen LogP contribution in [0.5, 0.6) is 0 Å². The van der Waals surface area contributed by atoms with E-state index in [-0.39, 0.29) is 5.97 Å². The highest BCUT2D eigenvalue weighted by Gasteiger charge is 2.19. The largest absolute Gasteiger partial charge is 0.444 e. The van der Waals surface area contributed by atoms with Crippen LogP contribution in [0.2, 0.25) is 0 Å². The SMILES string of the molecule is CCCC(=O)OC(C)(N)CC. The molecule has 0 bridgehead atoms. The van der Waals surface area contributed by atoms with Crippen LogP contribution in [0.3, 0.4) is 0 Å². The third-order valence-electron chi connectivity index (χ3n) is 1.50. The molecule has 0 heterocycles. The van der Waals surface area contributed by atoms with Crippen LogP contribution in [0.1, 0.15) is 40.0 Å². The van der Waals surface area contributed by atoms with E-state index in [1.54, 1.807) is 6.92 Å². The maximum Gasteiger partial charge on any atom is 0.307 e. The van der Waals surface area contributed by atoms with Crippen molar-refractivity contribution < 1.29 is 9.53 Å². The molecule has 0 amide bonds. The van der Waals surface area contributed by atoms with Crippen LogP contribution in [0.25, 0.3) is 0 Å². The van der Waals surface area contributed by atoms with E-state index in [4.69, 9.17) is 10.5 Å². The molecule has 2 N–H and O–H groups in total. The maximum atomic E-state index is 10.9. The van der Waals surface area contributed by atoms with Gasteiger partial charge in [-0.1, -0.05) is 13.8 Å². The quantitative estimate of drug-likeness (QED) is 0.498. The van der Waals surface area contributed by atoms with Gasteiger partial charge in [-0.2, -0.15) is 0 Å². The van der Waals surface area contributed by atoms with Gasteiger partial charge in [0.05, 0.1) is 0 Å². The van der Waals surface area contributed by atoms with Gasteiger partial charge in [-0.25, -0.2) is 0 Å². The molecular weight excluding hydrogens is 142 g/mol. The third-order valence-corrected chi connectivity index (χ3v) is 1.50. The highest BCUT2D eigenvalue weighted by atomic mass is 16.6. The van der Waals surface area contributed by atoms with Crippen molar-refractivity contribution in [3.05, 3.63) is 0 Å². The summed E-state index contributed by atoms with van der Waals surface area (Å²) >= 11 is 0. The third kappa shape index (κ3) is 4.79. The van der Waals surface area contributed by atoms with Gasteiger partial charge in [0.15, 0.2) is 5.72 Å². The lowest BCUT2D eigenvalue weighted by molar-refractivity contribution is -0.157. The molecule has 0 saturated carbocycles. The molecule has 0 aromatic heterocycles. The number of hydrogen-bond donors (Lipinski definition) is 1. The van der Waals surface area contributed by atoms with E-state index in [1.807, 2.05) is 13.8 Å². The summed E-state index contributed by atoms with van der Waals surface area (Å²) in [4.78, 5) is 10.9. The molecule has 1 unspecified atom stereocenters. The molecule has 0 aliphatic carbocycles. The van der Waals surface area contributed by atoms with E-state index in [2.05, 4.69) is 0 Å². The predicted octanol–water partition coefficient (Wildman–Crippen LogP) is 1.41. The molecule has 0 aromatic carbocycles. The summed E-state index contributed by atoms with van der Waals surface area (Å²) in [6.45, 7) is 5.53. The average molecular weight is 159 g/mol.